The highest BCUT2D eigenvalue weighted by atomic mass is 16.4. The average Bonchev–Trinajstić information content (AvgIpc) is 2.25. The molecule has 0 aromatic carbocycles. The van der Waals surface area contributed by atoms with Gasteiger partial charge in [-0.05, 0) is 19.3 Å². The quantitative estimate of drug-likeness (QED) is 0.591. The van der Waals surface area contributed by atoms with Crippen molar-refractivity contribution in [1.82, 2.24) is 10.6 Å². The van der Waals surface area contributed by atoms with Gasteiger partial charge in [0.05, 0.1) is 12.5 Å². The molecule has 0 radical (unpaired) electrons. The van der Waals surface area contributed by atoms with Crippen LogP contribution in [0.4, 0.5) is 0 Å². The molecule has 3 N–H and O–H groups in total. The third-order valence-corrected chi connectivity index (χ3v) is 2.86. The van der Waals surface area contributed by atoms with E-state index in [0.29, 0.717) is 6.04 Å². The van der Waals surface area contributed by atoms with Crippen molar-refractivity contribution in [3.8, 4) is 0 Å². The molecule has 0 saturated heterocycles. The van der Waals surface area contributed by atoms with Crippen LogP contribution >= 0.6 is 0 Å². The monoisotopic (exact) mass is 244 g/mol. The molecule has 0 aromatic rings. The Morgan fingerprint density at radius 3 is 2.24 bits per heavy atom. The first-order chi connectivity index (χ1) is 7.88. The third kappa shape index (κ3) is 6.94. The lowest BCUT2D eigenvalue weighted by atomic mass is 9.96. The Kier molecular flexibility index (Phi) is 7.54. The predicted octanol–water partition coefficient (Wildman–Crippen LogP) is 0.847. The van der Waals surface area contributed by atoms with Crippen LogP contribution < -0.4 is 10.6 Å². The molecule has 5 nitrogen and oxygen atoms in total. The fraction of sp³-hybridized carbons (Fsp3) is 0.833. The summed E-state index contributed by atoms with van der Waals surface area (Å²) < 4.78 is 0. The third-order valence-electron chi connectivity index (χ3n) is 2.86. The van der Waals surface area contributed by atoms with E-state index in [-0.39, 0.29) is 24.9 Å². The molecule has 2 unspecified atom stereocenters. The SMILES string of the molecule is CCC(C)NCC(=O)NCC(C(=O)O)C(C)C. The van der Waals surface area contributed by atoms with E-state index in [9.17, 15) is 9.59 Å². The van der Waals surface area contributed by atoms with Crippen LogP contribution in [-0.2, 0) is 9.59 Å². The van der Waals surface area contributed by atoms with Gasteiger partial charge in [0.15, 0.2) is 0 Å². The highest BCUT2D eigenvalue weighted by Gasteiger charge is 2.21. The van der Waals surface area contributed by atoms with E-state index in [0.717, 1.165) is 6.42 Å². The molecule has 0 saturated carbocycles. The zero-order chi connectivity index (χ0) is 13.4. The van der Waals surface area contributed by atoms with Crippen LogP contribution in [0.2, 0.25) is 0 Å². The van der Waals surface area contributed by atoms with Crippen molar-refractivity contribution in [2.24, 2.45) is 11.8 Å². The van der Waals surface area contributed by atoms with E-state index in [1.807, 2.05) is 27.7 Å². The van der Waals surface area contributed by atoms with Crippen LogP contribution in [-0.4, -0.2) is 36.1 Å². The molecule has 5 heteroatoms. The first kappa shape index (κ1) is 15.9. The lowest BCUT2D eigenvalue weighted by Crippen LogP contribution is -2.41. The molecule has 0 heterocycles. The molecule has 2 atom stereocenters. The molecule has 0 aliphatic carbocycles. The van der Waals surface area contributed by atoms with Gasteiger partial charge < -0.3 is 15.7 Å². The Morgan fingerprint density at radius 2 is 1.82 bits per heavy atom. The second-order valence-corrected chi connectivity index (χ2v) is 4.68. The largest absolute Gasteiger partial charge is 0.481 e. The second kappa shape index (κ2) is 8.06. The van der Waals surface area contributed by atoms with Crippen molar-refractivity contribution in [3.05, 3.63) is 0 Å². The minimum absolute atomic E-state index is 0.00956. The van der Waals surface area contributed by atoms with Crippen molar-refractivity contribution in [2.45, 2.75) is 40.2 Å². The van der Waals surface area contributed by atoms with Gasteiger partial charge in [-0.1, -0.05) is 20.8 Å². The molecular formula is C12H24N2O3. The van der Waals surface area contributed by atoms with Crippen molar-refractivity contribution in [3.63, 3.8) is 0 Å². The van der Waals surface area contributed by atoms with Crippen LogP contribution in [0.15, 0.2) is 0 Å². The number of carboxylic acid groups (broad SMARTS) is 1. The summed E-state index contributed by atoms with van der Waals surface area (Å²) >= 11 is 0. The summed E-state index contributed by atoms with van der Waals surface area (Å²) in [6.45, 7) is 8.13. The predicted molar refractivity (Wildman–Crippen MR) is 66.7 cm³/mol. The number of rotatable bonds is 8. The summed E-state index contributed by atoms with van der Waals surface area (Å²) in [5.74, 6) is -1.54. The summed E-state index contributed by atoms with van der Waals surface area (Å²) in [4.78, 5) is 22.3. The molecule has 0 aliphatic heterocycles. The van der Waals surface area contributed by atoms with E-state index >= 15 is 0 Å². The molecule has 0 rings (SSSR count). The second-order valence-electron chi connectivity index (χ2n) is 4.68. The minimum Gasteiger partial charge on any atom is -0.481 e. The van der Waals surface area contributed by atoms with E-state index in [4.69, 9.17) is 5.11 Å². The topological polar surface area (TPSA) is 78.4 Å². The number of aliphatic carboxylic acids is 1. The van der Waals surface area contributed by atoms with E-state index in [2.05, 4.69) is 10.6 Å². The summed E-state index contributed by atoms with van der Waals surface area (Å²) in [5.41, 5.74) is 0. The van der Waals surface area contributed by atoms with Gasteiger partial charge in [-0.3, -0.25) is 9.59 Å². The fourth-order valence-electron chi connectivity index (χ4n) is 1.31. The Hall–Kier alpha value is -1.10. The van der Waals surface area contributed by atoms with Gasteiger partial charge in [0.2, 0.25) is 5.91 Å². The first-order valence-electron chi connectivity index (χ1n) is 6.11. The lowest BCUT2D eigenvalue weighted by molar-refractivity contribution is -0.143. The number of carboxylic acids is 1. The van der Waals surface area contributed by atoms with Crippen molar-refractivity contribution in [1.29, 1.82) is 0 Å². The van der Waals surface area contributed by atoms with Crippen molar-refractivity contribution >= 4 is 11.9 Å². The number of amides is 1. The molecule has 0 aliphatic rings. The first-order valence-corrected chi connectivity index (χ1v) is 6.11. The van der Waals surface area contributed by atoms with Crippen LogP contribution in [0.5, 0.6) is 0 Å². The molecular weight excluding hydrogens is 220 g/mol. The summed E-state index contributed by atoms with van der Waals surface area (Å²) in [6, 6.07) is 0.293. The number of carbonyl (C=O) groups excluding carboxylic acids is 1. The van der Waals surface area contributed by atoms with Crippen LogP contribution in [0.25, 0.3) is 0 Å². The molecule has 1 amide bonds. The lowest BCUT2D eigenvalue weighted by Gasteiger charge is -2.17. The van der Waals surface area contributed by atoms with Gasteiger partial charge in [0.1, 0.15) is 0 Å². The number of hydrogen-bond donors (Lipinski definition) is 3. The Morgan fingerprint density at radius 1 is 1.24 bits per heavy atom. The molecule has 17 heavy (non-hydrogen) atoms. The zero-order valence-corrected chi connectivity index (χ0v) is 11.1. The number of nitrogens with one attached hydrogen (secondary N) is 2. The summed E-state index contributed by atoms with van der Waals surface area (Å²) in [6.07, 6.45) is 0.955. The van der Waals surface area contributed by atoms with Gasteiger partial charge in [0, 0.05) is 12.6 Å². The Labute approximate surface area is 103 Å². The van der Waals surface area contributed by atoms with Gasteiger partial charge in [-0.2, -0.15) is 0 Å². The van der Waals surface area contributed by atoms with Crippen LogP contribution in [0, 0.1) is 11.8 Å². The zero-order valence-electron chi connectivity index (χ0n) is 11.1. The molecule has 0 bridgehead atoms. The van der Waals surface area contributed by atoms with Gasteiger partial charge in [-0.15, -0.1) is 0 Å². The Bertz CT molecular complexity index is 254. The van der Waals surface area contributed by atoms with E-state index in [1.165, 1.54) is 0 Å². The van der Waals surface area contributed by atoms with E-state index in [1.54, 1.807) is 0 Å². The molecule has 0 spiro atoms. The van der Waals surface area contributed by atoms with Crippen molar-refractivity contribution < 1.29 is 14.7 Å². The standard InChI is InChI=1S/C12H24N2O3/c1-5-9(4)13-7-11(15)14-6-10(8(2)3)12(16)17/h8-10,13H,5-7H2,1-4H3,(H,14,15)(H,16,17). The highest BCUT2D eigenvalue weighted by Crippen LogP contribution is 2.09. The minimum atomic E-state index is -0.866. The smallest absolute Gasteiger partial charge is 0.308 e. The average molecular weight is 244 g/mol. The highest BCUT2D eigenvalue weighted by molar-refractivity contribution is 5.79. The Balaban J connectivity index is 3.93. The van der Waals surface area contributed by atoms with Crippen LogP contribution in [0.3, 0.4) is 0 Å². The molecule has 100 valence electrons. The molecule has 0 aromatic heterocycles. The van der Waals surface area contributed by atoms with Gasteiger partial charge in [-0.25, -0.2) is 0 Å². The normalized spacial score (nSPS) is 14.4. The number of hydrogen-bond acceptors (Lipinski definition) is 3. The molecule has 0 fully saturated rings. The van der Waals surface area contributed by atoms with Crippen LogP contribution in [0.1, 0.15) is 34.1 Å². The van der Waals surface area contributed by atoms with Gasteiger partial charge in [0.25, 0.3) is 0 Å². The maximum atomic E-state index is 11.4. The fourth-order valence-corrected chi connectivity index (χ4v) is 1.31. The summed E-state index contributed by atoms with van der Waals surface area (Å²) in [7, 11) is 0. The van der Waals surface area contributed by atoms with E-state index < -0.39 is 11.9 Å². The summed E-state index contributed by atoms with van der Waals surface area (Å²) in [5, 5.41) is 14.6. The van der Waals surface area contributed by atoms with Crippen molar-refractivity contribution in [2.75, 3.05) is 13.1 Å². The number of carbonyl (C=O) groups is 2. The van der Waals surface area contributed by atoms with Gasteiger partial charge >= 0.3 is 5.97 Å². The maximum absolute atomic E-state index is 11.4. The maximum Gasteiger partial charge on any atom is 0.308 e.